The molecular formula is C24H28N4O3S. The molecule has 0 radical (unpaired) electrons. The first-order valence-corrected chi connectivity index (χ1v) is 12.0. The normalized spacial score (nSPS) is 16.3. The van der Waals surface area contributed by atoms with E-state index >= 15 is 0 Å². The minimum atomic E-state index is -0.277. The number of fused-ring (bicyclic) bond motifs is 2. The van der Waals surface area contributed by atoms with Gasteiger partial charge < -0.3 is 14.4 Å². The van der Waals surface area contributed by atoms with E-state index in [1.54, 1.807) is 0 Å². The van der Waals surface area contributed by atoms with Gasteiger partial charge in [-0.3, -0.25) is 4.90 Å². The highest BCUT2D eigenvalue weighted by Crippen LogP contribution is 2.36. The molecule has 1 fully saturated rings. The summed E-state index contributed by atoms with van der Waals surface area (Å²) in [6.45, 7) is 11.5. The zero-order chi connectivity index (χ0) is 22.2. The number of carbonyl (C=O) groups is 1. The maximum Gasteiger partial charge on any atom is 0.348 e. The number of rotatable bonds is 5. The topological polar surface area (TPSA) is 67.8 Å². The lowest BCUT2D eigenvalue weighted by atomic mass is 10.1. The van der Waals surface area contributed by atoms with Crippen LogP contribution in [0.2, 0.25) is 0 Å². The highest BCUT2D eigenvalue weighted by molar-refractivity contribution is 7.20. The van der Waals surface area contributed by atoms with Gasteiger partial charge in [-0.15, -0.1) is 11.3 Å². The number of ether oxygens (including phenoxy) is 2. The summed E-state index contributed by atoms with van der Waals surface area (Å²) in [7, 11) is 0. The molecule has 2 aliphatic rings. The van der Waals surface area contributed by atoms with Gasteiger partial charge in [-0.2, -0.15) is 0 Å². The zero-order valence-electron chi connectivity index (χ0n) is 18.8. The molecule has 0 saturated carbocycles. The van der Waals surface area contributed by atoms with Crippen molar-refractivity contribution in [2.45, 2.75) is 33.7 Å². The van der Waals surface area contributed by atoms with E-state index in [0.717, 1.165) is 78.9 Å². The Bertz CT molecular complexity index is 1170. The molecule has 1 saturated heterocycles. The lowest BCUT2D eigenvalue weighted by molar-refractivity contribution is 0.0531. The number of anilines is 1. The molecule has 0 spiro atoms. The quantitative estimate of drug-likeness (QED) is 0.546. The fourth-order valence-corrected chi connectivity index (χ4v) is 5.67. The van der Waals surface area contributed by atoms with Crippen LogP contribution >= 0.6 is 11.3 Å². The molecule has 0 amide bonds. The van der Waals surface area contributed by atoms with E-state index in [1.165, 1.54) is 22.5 Å². The Labute approximate surface area is 192 Å². The maximum atomic E-state index is 12.4. The Balaban J connectivity index is 1.34. The number of aryl methyl sites for hydroxylation is 2. The van der Waals surface area contributed by atoms with Crippen molar-refractivity contribution in [3.05, 3.63) is 45.6 Å². The Kier molecular flexibility index (Phi) is 5.73. The van der Waals surface area contributed by atoms with Crippen molar-refractivity contribution in [2.24, 2.45) is 0 Å². The third-order valence-corrected chi connectivity index (χ3v) is 7.34. The molecule has 2 aromatic heterocycles. The smallest absolute Gasteiger partial charge is 0.348 e. The first-order valence-electron chi connectivity index (χ1n) is 11.2. The number of hydrogen-bond donors (Lipinski definition) is 0. The number of hydrogen-bond acceptors (Lipinski definition) is 8. The van der Waals surface area contributed by atoms with Gasteiger partial charge in [-0.1, -0.05) is 12.1 Å². The van der Waals surface area contributed by atoms with E-state index in [4.69, 9.17) is 14.5 Å². The molecule has 0 aliphatic carbocycles. The summed E-state index contributed by atoms with van der Waals surface area (Å²) < 4.78 is 10.9. The molecule has 0 bridgehead atoms. The molecule has 7 nitrogen and oxygen atoms in total. The number of benzene rings is 1. The van der Waals surface area contributed by atoms with E-state index in [0.29, 0.717) is 11.5 Å². The van der Waals surface area contributed by atoms with Gasteiger partial charge in [0.2, 0.25) is 0 Å². The second-order valence-electron chi connectivity index (χ2n) is 8.35. The number of nitrogens with zero attached hydrogens (tertiary/aromatic N) is 4. The number of carbonyl (C=O) groups excluding carboxylic acids is 1. The Morgan fingerprint density at radius 3 is 2.78 bits per heavy atom. The van der Waals surface area contributed by atoms with Crippen LogP contribution in [0.25, 0.3) is 10.2 Å². The Hall–Kier alpha value is -2.71. The molecular weight excluding hydrogens is 424 g/mol. The maximum absolute atomic E-state index is 12.4. The summed E-state index contributed by atoms with van der Waals surface area (Å²) in [5.74, 6) is 2.43. The minimum absolute atomic E-state index is 0.277. The SMILES string of the molecule is CCOC(=O)c1sc2nc(C)nc(N3CCN(Cc4ccc5c(c4)CCO5)CC3)c2c1C. The molecule has 0 N–H and O–H groups in total. The molecule has 4 heterocycles. The summed E-state index contributed by atoms with van der Waals surface area (Å²) in [6, 6.07) is 6.58. The van der Waals surface area contributed by atoms with Crippen LogP contribution in [0.4, 0.5) is 5.82 Å². The van der Waals surface area contributed by atoms with Gasteiger partial charge in [0.1, 0.15) is 27.1 Å². The standard InChI is InChI=1S/C24H28N4O3S/c1-4-30-24(29)21-15(2)20-22(25-16(3)26-23(20)32-21)28-10-8-27(9-11-28)14-17-5-6-19-18(13-17)7-12-31-19/h5-6,13H,4,7-12,14H2,1-3H3. The second kappa shape index (κ2) is 8.67. The molecule has 32 heavy (non-hydrogen) atoms. The van der Waals surface area contributed by atoms with Gasteiger partial charge in [0, 0.05) is 39.1 Å². The van der Waals surface area contributed by atoms with Crippen molar-refractivity contribution in [1.29, 1.82) is 0 Å². The summed E-state index contributed by atoms with van der Waals surface area (Å²) >= 11 is 1.40. The summed E-state index contributed by atoms with van der Waals surface area (Å²) in [6.07, 6.45) is 1.01. The molecule has 1 aromatic carbocycles. The van der Waals surface area contributed by atoms with Gasteiger partial charge in [0.25, 0.3) is 0 Å². The van der Waals surface area contributed by atoms with E-state index in [9.17, 15) is 4.79 Å². The van der Waals surface area contributed by atoms with Gasteiger partial charge in [-0.05, 0) is 43.5 Å². The average molecular weight is 453 g/mol. The summed E-state index contributed by atoms with van der Waals surface area (Å²) in [5.41, 5.74) is 3.59. The highest BCUT2D eigenvalue weighted by atomic mass is 32.1. The van der Waals surface area contributed by atoms with E-state index < -0.39 is 0 Å². The van der Waals surface area contributed by atoms with Crippen LogP contribution in [0.3, 0.4) is 0 Å². The van der Waals surface area contributed by atoms with Crippen LogP contribution in [-0.2, 0) is 17.7 Å². The fraction of sp³-hybridized carbons (Fsp3) is 0.458. The van der Waals surface area contributed by atoms with Crippen molar-refractivity contribution in [3.8, 4) is 5.75 Å². The van der Waals surface area contributed by atoms with Crippen molar-refractivity contribution in [3.63, 3.8) is 0 Å². The lowest BCUT2D eigenvalue weighted by Crippen LogP contribution is -2.46. The van der Waals surface area contributed by atoms with E-state index in [-0.39, 0.29) is 5.97 Å². The largest absolute Gasteiger partial charge is 0.493 e. The van der Waals surface area contributed by atoms with Crippen molar-refractivity contribution >= 4 is 33.3 Å². The molecule has 0 unspecified atom stereocenters. The molecule has 8 heteroatoms. The molecule has 2 aliphatic heterocycles. The predicted octanol–water partition coefficient (Wildman–Crippen LogP) is 3.74. The predicted molar refractivity (Wildman–Crippen MR) is 126 cm³/mol. The third-order valence-electron chi connectivity index (χ3n) is 6.18. The van der Waals surface area contributed by atoms with Gasteiger partial charge in [-0.25, -0.2) is 14.8 Å². The first-order chi connectivity index (χ1) is 15.5. The monoisotopic (exact) mass is 452 g/mol. The van der Waals surface area contributed by atoms with Crippen LogP contribution in [0.1, 0.15) is 39.1 Å². The van der Waals surface area contributed by atoms with Crippen LogP contribution in [0.5, 0.6) is 5.75 Å². The van der Waals surface area contributed by atoms with Crippen molar-refractivity contribution < 1.29 is 14.3 Å². The molecule has 5 rings (SSSR count). The summed E-state index contributed by atoms with van der Waals surface area (Å²) in [5, 5.41) is 0.982. The average Bonchev–Trinajstić information content (AvgIpc) is 3.38. The highest BCUT2D eigenvalue weighted by Gasteiger charge is 2.26. The number of aromatic nitrogens is 2. The van der Waals surface area contributed by atoms with Crippen LogP contribution in [-0.4, -0.2) is 60.2 Å². The number of piperazine rings is 1. The van der Waals surface area contributed by atoms with Crippen molar-refractivity contribution in [1.82, 2.24) is 14.9 Å². The molecule has 0 atom stereocenters. The van der Waals surface area contributed by atoms with Crippen LogP contribution in [0, 0.1) is 13.8 Å². The Morgan fingerprint density at radius 2 is 2.00 bits per heavy atom. The van der Waals surface area contributed by atoms with E-state index in [1.807, 2.05) is 20.8 Å². The summed E-state index contributed by atoms with van der Waals surface area (Å²) in [4.78, 5) is 28.1. The van der Waals surface area contributed by atoms with Crippen LogP contribution < -0.4 is 9.64 Å². The Morgan fingerprint density at radius 1 is 1.19 bits per heavy atom. The van der Waals surface area contributed by atoms with Gasteiger partial charge in [0.05, 0.1) is 18.6 Å². The third kappa shape index (κ3) is 3.93. The van der Waals surface area contributed by atoms with E-state index in [2.05, 4.69) is 33.0 Å². The van der Waals surface area contributed by atoms with Gasteiger partial charge >= 0.3 is 5.97 Å². The zero-order valence-corrected chi connectivity index (χ0v) is 19.6. The van der Waals surface area contributed by atoms with Gasteiger partial charge in [0.15, 0.2) is 0 Å². The first kappa shape index (κ1) is 21.2. The second-order valence-corrected chi connectivity index (χ2v) is 9.35. The fourth-order valence-electron chi connectivity index (χ4n) is 4.56. The van der Waals surface area contributed by atoms with Crippen molar-refractivity contribution in [2.75, 3.05) is 44.3 Å². The molecule has 3 aromatic rings. The lowest BCUT2D eigenvalue weighted by Gasteiger charge is -2.36. The minimum Gasteiger partial charge on any atom is -0.493 e. The number of thiophene rings is 1. The van der Waals surface area contributed by atoms with Crippen LogP contribution in [0.15, 0.2) is 18.2 Å². The number of esters is 1. The molecule has 168 valence electrons.